The van der Waals surface area contributed by atoms with Gasteiger partial charge in [-0.25, -0.2) is 0 Å². The zero-order valence-corrected chi connectivity index (χ0v) is 25.3. The molecule has 5 rings (SSSR count). The number of aromatic nitrogens is 2. The molecular weight excluding hydrogens is 573 g/mol. The third-order valence-electron chi connectivity index (χ3n) is 7.10. The molecule has 42 heavy (non-hydrogen) atoms. The van der Waals surface area contributed by atoms with Gasteiger partial charge in [-0.1, -0.05) is 67.3 Å². The van der Waals surface area contributed by atoms with E-state index < -0.39 is 5.92 Å². The van der Waals surface area contributed by atoms with Crippen LogP contribution in [0, 0.1) is 16.7 Å². The molecule has 1 aliphatic carbocycles. The van der Waals surface area contributed by atoms with Crippen molar-refractivity contribution in [2.24, 2.45) is 11.1 Å². The highest BCUT2D eigenvalue weighted by Gasteiger charge is 2.45. The van der Waals surface area contributed by atoms with Crippen LogP contribution in [-0.2, 0) is 9.59 Å². The molecule has 0 bridgehead atoms. The molecule has 0 radical (unpaired) electrons. The highest BCUT2D eigenvalue weighted by molar-refractivity contribution is 8.01. The first kappa shape index (κ1) is 29.2. The Morgan fingerprint density at radius 3 is 2.60 bits per heavy atom. The van der Waals surface area contributed by atoms with Crippen molar-refractivity contribution in [1.29, 1.82) is 5.26 Å². The summed E-state index contributed by atoms with van der Waals surface area (Å²) < 4.78 is 11.1. The van der Waals surface area contributed by atoms with Crippen LogP contribution in [0.2, 0.25) is 0 Å². The number of rotatable bonds is 8. The van der Waals surface area contributed by atoms with Gasteiger partial charge in [-0.2, -0.15) is 5.26 Å². The van der Waals surface area contributed by atoms with Crippen LogP contribution in [0.1, 0.15) is 38.2 Å². The Labute approximate surface area is 252 Å². The minimum Gasteiger partial charge on any atom is -0.493 e. The second-order valence-electron chi connectivity index (χ2n) is 10.6. The van der Waals surface area contributed by atoms with E-state index in [-0.39, 0.29) is 28.7 Å². The lowest BCUT2D eigenvalue weighted by atomic mass is 9.69. The quantitative estimate of drug-likeness (QED) is 0.329. The molecule has 2 aliphatic rings. The van der Waals surface area contributed by atoms with Crippen LogP contribution >= 0.6 is 23.1 Å². The minimum absolute atomic E-state index is 0.00806. The maximum absolute atomic E-state index is 13.6. The summed E-state index contributed by atoms with van der Waals surface area (Å²) in [5.41, 5.74) is 9.40. The second kappa shape index (κ2) is 11.9. The number of hydrogen-bond acceptors (Lipinski definition) is 11. The Morgan fingerprint density at radius 2 is 1.90 bits per heavy atom. The number of hydrogen-bond donors (Lipinski definition) is 2. The molecule has 0 fully saturated rings. The van der Waals surface area contributed by atoms with Crippen LogP contribution in [0.4, 0.5) is 10.8 Å². The van der Waals surface area contributed by atoms with Gasteiger partial charge in [-0.15, -0.1) is 10.2 Å². The highest BCUT2D eigenvalue weighted by Crippen LogP contribution is 2.50. The Morgan fingerprint density at radius 1 is 1.17 bits per heavy atom. The fraction of sp³-hybridized carbons (Fsp3) is 0.300. The average Bonchev–Trinajstić information content (AvgIpc) is 3.43. The van der Waals surface area contributed by atoms with Crippen molar-refractivity contribution in [2.45, 2.75) is 36.9 Å². The summed E-state index contributed by atoms with van der Waals surface area (Å²) in [6, 6.07) is 16.9. The van der Waals surface area contributed by atoms with Crippen molar-refractivity contribution in [3.05, 3.63) is 76.8 Å². The lowest BCUT2D eigenvalue weighted by Crippen LogP contribution is -2.42. The lowest BCUT2D eigenvalue weighted by molar-refractivity contribution is -0.118. The van der Waals surface area contributed by atoms with Crippen molar-refractivity contribution in [3.8, 4) is 17.6 Å². The minimum atomic E-state index is -0.548. The molecule has 1 atom stereocenters. The first-order valence-electron chi connectivity index (χ1n) is 13.1. The van der Waals surface area contributed by atoms with Gasteiger partial charge in [-0.05, 0) is 29.5 Å². The number of ether oxygens (including phenoxy) is 2. The summed E-state index contributed by atoms with van der Waals surface area (Å²) in [5.74, 6) is 0.603. The standard InChI is InChI=1S/C30H30N6O4S2/c1-30(2)13-20-26(21(37)14-30)25(17-8-6-5-7-9-17)19(15-31)27(32)36(20)28-34-35-29(42-28)41-16-24(38)33-18-10-11-22(39-3)23(12-18)40-4/h5-12,25H,13-14,16,32H2,1-4H3,(H,33,38). The number of nitrogens with two attached hydrogens (primary N) is 1. The number of carbonyl (C=O) groups is 2. The number of benzene rings is 2. The SMILES string of the molecule is COc1ccc(NC(=O)CSc2nnc(N3C(N)=C(C#N)C(c4ccccc4)C4=C3CC(C)(C)CC4=O)s2)cc1OC. The van der Waals surface area contributed by atoms with Crippen molar-refractivity contribution in [1.82, 2.24) is 10.2 Å². The zero-order chi connectivity index (χ0) is 30.0. The number of carbonyl (C=O) groups excluding carboxylic acids is 2. The molecule has 1 aliphatic heterocycles. The molecule has 216 valence electrons. The summed E-state index contributed by atoms with van der Waals surface area (Å²) in [4.78, 5) is 28.0. The number of allylic oxidation sites excluding steroid dienone is 3. The summed E-state index contributed by atoms with van der Waals surface area (Å²) >= 11 is 2.48. The van der Waals surface area contributed by atoms with Crippen LogP contribution < -0.4 is 25.4 Å². The molecule has 0 spiro atoms. The van der Waals surface area contributed by atoms with Gasteiger partial charge in [0, 0.05) is 29.4 Å². The molecule has 0 saturated heterocycles. The molecule has 1 aromatic heterocycles. The third-order valence-corrected chi connectivity index (χ3v) is 9.14. The van der Waals surface area contributed by atoms with Gasteiger partial charge in [0.05, 0.1) is 37.5 Å². The number of nitrogens with zero attached hydrogens (tertiary/aromatic N) is 4. The molecule has 3 N–H and O–H groups in total. The number of methoxy groups -OCH3 is 2. The maximum atomic E-state index is 13.6. The van der Waals surface area contributed by atoms with Gasteiger partial charge < -0.3 is 20.5 Å². The molecule has 10 nitrogen and oxygen atoms in total. The lowest BCUT2D eigenvalue weighted by Gasteiger charge is -2.42. The van der Waals surface area contributed by atoms with Gasteiger partial charge in [0.1, 0.15) is 5.82 Å². The van der Waals surface area contributed by atoms with Crippen molar-refractivity contribution in [3.63, 3.8) is 0 Å². The molecule has 2 heterocycles. The van der Waals surface area contributed by atoms with E-state index in [0.29, 0.717) is 50.6 Å². The number of nitriles is 1. The smallest absolute Gasteiger partial charge is 0.234 e. The van der Waals surface area contributed by atoms with Gasteiger partial charge in [0.25, 0.3) is 0 Å². The van der Waals surface area contributed by atoms with Gasteiger partial charge >= 0.3 is 0 Å². The van der Waals surface area contributed by atoms with Crippen molar-refractivity contribution >= 4 is 45.6 Å². The number of nitrogens with one attached hydrogen (secondary N) is 1. The zero-order valence-electron chi connectivity index (χ0n) is 23.6. The van der Waals surface area contributed by atoms with Crippen LogP contribution in [0.15, 0.2) is 75.5 Å². The van der Waals surface area contributed by atoms with Gasteiger partial charge in [-0.3, -0.25) is 14.5 Å². The van der Waals surface area contributed by atoms with E-state index in [1.807, 2.05) is 44.2 Å². The van der Waals surface area contributed by atoms with E-state index in [9.17, 15) is 14.9 Å². The number of anilines is 2. The second-order valence-corrected chi connectivity index (χ2v) is 12.8. The van der Waals surface area contributed by atoms with Crippen LogP contribution in [0.25, 0.3) is 0 Å². The number of amides is 1. The monoisotopic (exact) mass is 602 g/mol. The van der Waals surface area contributed by atoms with E-state index >= 15 is 0 Å². The number of thioether (sulfide) groups is 1. The molecule has 0 saturated carbocycles. The predicted molar refractivity (Wildman–Crippen MR) is 162 cm³/mol. The summed E-state index contributed by atoms with van der Waals surface area (Å²) in [5, 5.41) is 22.2. The summed E-state index contributed by atoms with van der Waals surface area (Å²) in [6.45, 7) is 4.09. The Kier molecular flexibility index (Phi) is 8.24. The molecule has 1 unspecified atom stereocenters. The predicted octanol–water partition coefficient (Wildman–Crippen LogP) is 5.23. The molecule has 3 aromatic rings. The van der Waals surface area contributed by atoms with E-state index in [0.717, 1.165) is 11.3 Å². The Balaban J connectivity index is 1.41. The first-order valence-corrected chi connectivity index (χ1v) is 14.9. The normalized spacial score (nSPS) is 17.9. The fourth-order valence-corrected chi connectivity index (χ4v) is 6.98. The van der Waals surface area contributed by atoms with Gasteiger partial charge in [0.15, 0.2) is 21.6 Å². The maximum Gasteiger partial charge on any atom is 0.234 e. The van der Waals surface area contributed by atoms with Gasteiger partial charge in [0.2, 0.25) is 11.0 Å². The molecule has 12 heteroatoms. The first-order chi connectivity index (χ1) is 20.2. The fourth-order valence-electron chi connectivity index (χ4n) is 5.30. The number of Topliss-reactive ketones (excluding diaryl/α,β-unsaturated/α-hetero) is 1. The van der Waals surface area contributed by atoms with E-state index in [1.165, 1.54) is 30.2 Å². The topological polar surface area (TPSA) is 143 Å². The van der Waals surface area contributed by atoms with Crippen molar-refractivity contribution < 1.29 is 19.1 Å². The summed E-state index contributed by atoms with van der Waals surface area (Å²) in [7, 11) is 3.07. The highest BCUT2D eigenvalue weighted by atomic mass is 32.2. The molecule has 2 aromatic carbocycles. The van der Waals surface area contributed by atoms with Crippen LogP contribution in [0.3, 0.4) is 0 Å². The van der Waals surface area contributed by atoms with E-state index in [1.54, 1.807) is 30.2 Å². The molecular formula is C30H30N6O4S2. The van der Waals surface area contributed by atoms with E-state index in [4.69, 9.17) is 15.2 Å². The van der Waals surface area contributed by atoms with Crippen LogP contribution in [0.5, 0.6) is 11.5 Å². The van der Waals surface area contributed by atoms with E-state index in [2.05, 4.69) is 21.6 Å². The van der Waals surface area contributed by atoms with Crippen molar-refractivity contribution in [2.75, 3.05) is 30.2 Å². The largest absolute Gasteiger partial charge is 0.493 e. The molecule has 1 amide bonds. The Bertz CT molecular complexity index is 1640. The summed E-state index contributed by atoms with van der Waals surface area (Å²) in [6.07, 6.45) is 0.945. The number of ketones is 1. The average molecular weight is 603 g/mol. The Hall–Kier alpha value is -4.34. The third kappa shape index (κ3) is 5.70. The van der Waals surface area contributed by atoms with Crippen LogP contribution in [-0.4, -0.2) is 41.9 Å².